The normalized spacial score (nSPS) is 15.9. The van der Waals surface area contributed by atoms with Crippen LogP contribution in [0.25, 0.3) is 0 Å². The van der Waals surface area contributed by atoms with Crippen LogP contribution in [0.2, 0.25) is 0 Å². The quantitative estimate of drug-likeness (QED) is 0.170. The molecule has 0 amide bonds. The standard InChI is InChI=1S/C21H37NO6S/c1-2-3-4-5-10-22(13-18(24)20(26)21(27)19(25)14-23)11-12-28-17-8-6-16(15-29)7-9-17/h6-9,18-21,23-27,29H,2-5,10-15H2,1H3/t18-,19+,20+,21+/m0/s1. The Morgan fingerprint density at radius 2 is 1.59 bits per heavy atom. The van der Waals surface area contributed by atoms with Crippen LogP contribution in [-0.4, -0.2) is 87.7 Å². The monoisotopic (exact) mass is 431 g/mol. The predicted octanol–water partition coefficient (Wildman–Crippen LogP) is 0.813. The van der Waals surface area contributed by atoms with Crippen molar-refractivity contribution in [3.8, 4) is 5.75 Å². The fourth-order valence-electron chi connectivity index (χ4n) is 2.98. The van der Waals surface area contributed by atoms with Crippen molar-refractivity contribution in [2.45, 2.75) is 62.8 Å². The average molecular weight is 432 g/mol. The Balaban J connectivity index is 2.56. The lowest BCUT2D eigenvalue weighted by atomic mass is 10.0. The molecule has 0 saturated carbocycles. The van der Waals surface area contributed by atoms with Crippen LogP contribution in [0.3, 0.4) is 0 Å². The number of nitrogens with zero attached hydrogens (tertiary/aromatic N) is 1. The van der Waals surface area contributed by atoms with Crippen molar-refractivity contribution in [1.29, 1.82) is 0 Å². The van der Waals surface area contributed by atoms with Gasteiger partial charge in [-0.2, -0.15) is 12.6 Å². The average Bonchev–Trinajstić information content (AvgIpc) is 2.75. The van der Waals surface area contributed by atoms with Crippen LogP contribution in [-0.2, 0) is 5.75 Å². The second-order valence-electron chi connectivity index (χ2n) is 7.31. The smallest absolute Gasteiger partial charge is 0.119 e. The lowest BCUT2D eigenvalue weighted by molar-refractivity contribution is -0.119. The fraction of sp³-hybridized carbons (Fsp3) is 0.714. The molecule has 168 valence electrons. The van der Waals surface area contributed by atoms with Crippen molar-refractivity contribution >= 4 is 12.6 Å². The zero-order valence-corrected chi connectivity index (χ0v) is 18.1. The Kier molecular flexibility index (Phi) is 13.5. The first-order valence-corrected chi connectivity index (χ1v) is 10.9. The van der Waals surface area contributed by atoms with E-state index in [-0.39, 0.29) is 6.54 Å². The lowest BCUT2D eigenvalue weighted by Crippen LogP contribution is -2.50. The van der Waals surface area contributed by atoms with Gasteiger partial charge in [-0.1, -0.05) is 38.3 Å². The van der Waals surface area contributed by atoms with Crippen LogP contribution in [0.15, 0.2) is 24.3 Å². The number of benzene rings is 1. The Morgan fingerprint density at radius 1 is 0.931 bits per heavy atom. The van der Waals surface area contributed by atoms with Gasteiger partial charge in [0.15, 0.2) is 0 Å². The zero-order chi connectivity index (χ0) is 21.6. The third-order valence-electron chi connectivity index (χ3n) is 4.88. The number of aliphatic hydroxyl groups excluding tert-OH is 5. The Morgan fingerprint density at radius 3 is 2.17 bits per heavy atom. The minimum atomic E-state index is -1.61. The summed E-state index contributed by atoms with van der Waals surface area (Å²) in [5.74, 6) is 1.42. The maximum absolute atomic E-state index is 10.3. The highest BCUT2D eigenvalue weighted by atomic mass is 32.1. The molecule has 0 bridgehead atoms. The van der Waals surface area contributed by atoms with Crippen molar-refractivity contribution in [3.63, 3.8) is 0 Å². The summed E-state index contributed by atoms with van der Waals surface area (Å²) in [5.41, 5.74) is 1.11. The predicted molar refractivity (Wildman–Crippen MR) is 116 cm³/mol. The Bertz CT molecular complexity index is 532. The minimum absolute atomic E-state index is 0.129. The van der Waals surface area contributed by atoms with Crippen molar-refractivity contribution in [2.75, 3.05) is 32.8 Å². The number of rotatable bonds is 16. The van der Waals surface area contributed by atoms with E-state index < -0.39 is 31.0 Å². The molecule has 0 heterocycles. The fourth-order valence-corrected chi connectivity index (χ4v) is 3.19. The van der Waals surface area contributed by atoms with Gasteiger partial charge in [0.05, 0.1) is 12.7 Å². The molecular weight excluding hydrogens is 394 g/mol. The highest BCUT2D eigenvalue weighted by Gasteiger charge is 2.30. The summed E-state index contributed by atoms with van der Waals surface area (Å²) in [6.45, 7) is 3.26. The summed E-state index contributed by atoms with van der Waals surface area (Å²) < 4.78 is 5.78. The number of thiol groups is 1. The van der Waals surface area contributed by atoms with Gasteiger partial charge in [0.25, 0.3) is 0 Å². The first kappa shape index (κ1) is 26.2. The van der Waals surface area contributed by atoms with Crippen LogP contribution in [0.5, 0.6) is 5.75 Å². The van der Waals surface area contributed by atoms with Crippen molar-refractivity contribution in [1.82, 2.24) is 4.90 Å². The second-order valence-corrected chi connectivity index (χ2v) is 7.63. The Hall–Kier alpha value is -0.870. The SMILES string of the molecule is CCCCCCN(CCOc1ccc(CS)cc1)C[C@H](O)[C@@H](O)[C@H](O)[C@H](O)CO. The molecule has 0 spiro atoms. The topological polar surface area (TPSA) is 114 Å². The number of unbranched alkanes of at least 4 members (excludes halogenated alkanes) is 3. The number of hydrogen-bond donors (Lipinski definition) is 6. The van der Waals surface area contributed by atoms with Gasteiger partial charge in [0.2, 0.25) is 0 Å². The van der Waals surface area contributed by atoms with Gasteiger partial charge in [-0.3, -0.25) is 4.90 Å². The molecule has 7 nitrogen and oxygen atoms in total. The van der Waals surface area contributed by atoms with E-state index in [0.717, 1.165) is 43.5 Å². The maximum atomic E-state index is 10.3. The first-order valence-electron chi connectivity index (χ1n) is 10.3. The van der Waals surface area contributed by atoms with E-state index in [1.165, 1.54) is 0 Å². The third kappa shape index (κ3) is 10.1. The largest absolute Gasteiger partial charge is 0.492 e. The van der Waals surface area contributed by atoms with Crippen molar-refractivity contribution in [2.24, 2.45) is 0 Å². The van der Waals surface area contributed by atoms with E-state index in [1.54, 1.807) is 0 Å². The van der Waals surface area contributed by atoms with E-state index in [4.69, 9.17) is 9.84 Å². The van der Waals surface area contributed by atoms with Crippen molar-refractivity contribution in [3.05, 3.63) is 29.8 Å². The molecule has 5 N–H and O–H groups in total. The molecule has 1 aromatic carbocycles. The van der Waals surface area contributed by atoms with Crippen LogP contribution < -0.4 is 4.74 Å². The highest BCUT2D eigenvalue weighted by Crippen LogP contribution is 2.14. The molecule has 0 saturated heterocycles. The molecule has 0 unspecified atom stereocenters. The molecule has 4 atom stereocenters. The molecule has 0 aromatic heterocycles. The molecule has 0 aliphatic rings. The van der Waals surface area contributed by atoms with Crippen molar-refractivity contribution < 1.29 is 30.3 Å². The molecule has 8 heteroatoms. The molecule has 0 radical (unpaired) electrons. The number of ether oxygens (including phenoxy) is 1. The van der Waals surface area contributed by atoms with Gasteiger partial charge >= 0.3 is 0 Å². The third-order valence-corrected chi connectivity index (χ3v) is 5.25. The zero-order valence-electron chi connectivity index (χ0n) is 17.2. The number of hydrogen-bond acceptors (Lipinski definition) is 8. The molecule has 0 aliphatic heterocycles. The van der Waals surface area contributed by atoms with Gasteiger partial charge in [-0.15, -0.1) is 0 Å². The molecule has 1 aromatic rings. The minimum Gasteiger partial charge on any atom is -0.492 e. The highest BCUT2D eigenvalue weighted by molar-refractivity contribution is 7.79. The maximum Gasteiger partial charge on any atom is 0.119 e. The first-order chi connectivity index (χ1) is 13.9. The van der Waals surface area contributed by atoms with Crippen LogP contribution >= 0.6 is 12.6 Å². The van der Waals surface area contributed by atoms with Gasteiger partial charge in [-0.25, -0.2) is 0 Å². The van der Waals surface area contributed by atoms with Gasteiger partial charge in [0, 0.05) is 18.8 Å². The summed E-state index contributed by atoms with van der Waals surface area (Å²) in [7, 11) is 0. The van der Waals surface area contributed by atoms with Gasteiger partial charge < -0.3 is 30.3 Å². The second kappa shape index (κ2) is 15.0. The summed E-state index contributed by atoms with van der Waals surface area (Å²) >= 11 is 4.23. The molecule has 0 fully saturated rings. The van der Waals surface area contributed by atoms with E-state index in [1.807, 2.05) is 29.2 Å². The van der Waals surface area contributed by atoms with Crippen LogP contribution in [0.1, 0.15) is 38.2 Å². The summed E-state index contributed by atoms with van der Waals surface area (Å²) in [5, 5.41) is 48.5. The summed E-state index contributed by atoms with van der Waals surface area (Å²) in [6.07, 6.45) is -1.64. The lowest BCUT2D eigenvalue weighted by Gasteiger charge is -2.30. The van der Waals surface area contributed by atoms with Crippen LogP contribution in [0.4, 0.5) is 0 Å². The Labute approximate surface area is 179 Å². The van der Waals surface area contributed by atoms with E-state index >= 15 is 0 Å². The van der Waals surface area contributed by atoms with Gasteiger partial charge in [0.1, 0.15) is 30.7 Å². The molecular formula is C21H37NO6S. The number of aliphatic hydroxyl groups is 5. The van der Waals surface area contributed by atoms with E-state index in [2.05, 4.69) is 19.6 Å². The van der Waals surface area contributed by atoms with E-state index in [9.17, 15) is 20.4 Å². The summed E-state index contributed by atoms with van der Waals surface area (Å²) in [4.78, 5) is 1.98. The molecule has 0 aliphatic carbocycles. The van der Waals surface area contributed by atoms with E-state index in [0.29, 0.717) is 18.9 Å². The van der Waals surface area contributed by atoms with Crippen LogP contribution in [0, 0.1) is 0 Å². The molecule has 1 rings (SSSR count). The summed E-state index contributed by atoms with van der Waals surface area (Å²) in [6, 6.07) is 7.70. The van der Waals surface area contributed by atoms with Gasteiger partial charge in [-0.05, 0) is 30.7 Å². The molecule has 29 heavy (non-hydrogen) atoms.